The first-order valence-electron chi connectivity index (χ1n) is 1.84. The van der Waals surface area contributed by atoms with Crippen molar-refractivity contribution in [1.29, 1.82) is 0 Å². The summed E-state index contributed by atoms with van der Waals surface area (Å²) >= 11 is 0. The van der Waals surface area contributed by atoms with Crippen LogP contribution < -0.4 is 30.6 Å². The van der Waals surface area contributed by atoms with E-state index >= 15 is 0 Å². The first-order chi connectivity index (χ1) is 5.20. The fourth-order valence-electron chi connectivity index (χ4n) is 0. The number of carbonyl (C=O) groups is 3. The van der Waals surface area contributed by atoms with E-state index in [0.717, 1.165) is 0 Å². The average molecular weight is 357 g/mol. The minimum atomic E-state index is -2.33. The third-order valence-electron chi connectivity index (χ3n) is 0. The van der Waals surface area contributed by atoms with Gasteiger partial charge >= 0.3 is 50.3 Å². The SMILES string of the molecule is O=C([O-])[O-].O=C([O-])[O-].O=C([O-])[O-].[Co+2].[Co+2].[Co+2]. The van der Waals surface area contributed by atoms with E-state index in [2.05, 4.69) is 0 Å². The molecule has 0 fully saturated rings. The minimum Gasteiger partial charge on any atom is -0.652 e. The van der Waals surface area contributed by atoms with Gasteiger partial charge in [0.15, 0.2) is 0 Å². The second-order valence-corrected chi connectivity index (χ2v) is 0.750. The largest absolute Gasteiger partial charge is 2.00 e. The van der Waals surface area contributed by atoms with Gasteiger partial charge in [0.2, 0.25) is 0 Å². The molecular formula is C3Co3O9. The monoisotopic (exact) mass is 357 g/mol. The standard InChI is InChI=1S/3CH2O3.3Co/c3*2-1(3)4;;;/h3*(H2,2,3,4);;;/q;;;3*+2/p-6. The van der Waals surface area contributed by atoms with Crippen LogP contribution in [0.15, 0.2) is 0 Å². The second kappa shape index (κ2) is 29.2. The van der Waals surface area contributed by atoms with Gasteiger partial charge in [0.25, 0.3) is 0 Å². The van der Waals surface area contributed by atoms with Crippen LogP contribution in [0.25, 0.3) is 0 Å². The molecular weight excluding hydrogens is 357 g/mol. The molecule has 0 saturated carbocycles. The zero-order valence-electron chi connectivity index (χ0n) is 6.17. The van der Waals surface area contributed by atoms with Crippen LogP contribution in [0.1, 0.15) is 0 Å². The van der Waals surface area contributed by atoms with Crippen LogP contribution in [0.2, 0.25) is 0 Å². The second-order valence-electron chi connectivity index (χ2n) is 0.750. The van der Waals surface area contributed by atoms with E-state index in [0.29, 0.717) is 0 Å². The Morgan fingerprint density at radius 1 is 0.467 bits per heavy atom. The van der Waals surface area contributed by atoms with E-state index in [1.165, 1.54) is 0 Å². The number of rotatable bonds is 0. The molecule has 9 nitrogen and oxygen atoms in total. The predicted octanol–water partition coefficient (Wildman–Crippen LogP) is -7.35. The normalized spacial score (nSPS) is 4.80. The molecule has 0 heterocycles. The quantitative estimate of drug-likeness (QED) is 0.405. The summed E-state index contributed by atoms with van der Waals surface area (Å²) in [6, 6.07) is 0. The van der Waals surface area contributed by atoms with Crippen molar-refractivity contribution in [1.82, 2.24) is 0 Å². The van der Waals surface area contributed by atoms with Crippen molar-refractivity contribution >= 4 is 18.5 Å². The molecule has 12 heteroatoms. The molecule has 0 N–H and O–H groups in total. The summed E-state index contributed by atoms with van der Waals surface area (Å²) in [4.78, 5) is 25.0. The van der Waals surface area contributed by atoms with Crippen molar-refractivity contribution in [2.24, 2.45) is 0 Å². The van der Waals surface area contributed by atoms with Crippen molar-refractivity contribution in [3.8, 4) is 0 Å². The summed E-state index contributed by atoms with van der Waals surface area (Å²) < 4.78 is 0. The number of hydrogen-bond donors (Lipinski definition) is 0. The Balaban J connectivity index is -0.0000000184. The van der Waals surface area contributed by atoms with Crippen molar-refractivity contribution in [3.63, 3.8) is 0 Å². The van der Waals surface area contributed by atoms with Gasteiger partial charge in [-0.15, -0.1) is 0 Å². The Bertz CT molecular complexity index is 118. The molecule has 0 aromatic heterocycles. The van der Waals surface area contributed by atoms with Gasteiger partial charge in [0.05, 0.1) is 0 Å². The van der Waals surface area contributed by atoms with E-state index in [-0.39, 0.29) is 50.3 Å². The maximum atomic E-state index is 8.33. The summed E-state index contributed by atoms with van der Waals surface area (Å²) in [5, 5.41) is 50.0. The molecule has 15 heavy (non-hydrogen) atoms. The van der Waals surface area contributed by atoms with Crippen molar-refractivity contribution < 1.29 is 95.4 Å². The molecule has 0 saturated heterocycles. The maximum absolute atomic E-state index is 8.33. The van der Waals surface area contributed by atoms with E-state index < -0.39 is 18.5 Å². The third kappa shape index (κ3) is 3810. The molecule has 0 aliphatic rings. The Labute approximate surface area is 114 Å². The van der Waals surface area contributed by atoms with Crippen LogP contribution in [0.4, 0.5) is 14.4 Å². The van der Waals surface area contributed by atoms with Gasteiger partial charge in [-0.05, 0) is 18.5 Å². The first kappa shape index (κ1) is 36.7. The summed E-state index contributed by atoms with van der Waals surface area (Å²) in [5.74, 6) is 0. The van der Waals surface area contributed by atoms with Crippen LogP contribution in [0.3, 0.4) is 0 Å². The summed E-state index contributed by atoms with van der Waals surface area (Å²) in [5.41, 5.74) is 0. The molecule has 0 aliphatic heterocycles. The number of carbonyl (C=O) groups excluding carboxylic acids is 3. The maximum Gasteiger partial charge on any atom is 2.00 e. The molecule has 0 bridgehead atoms. The molecule has 0 atom stereocenters. The molecule has 0 amide bonds. The zero-order valence-corrected chi connectivity index (χ0v) is 9.30. The molecule has 93 valence electrons. The summed E-state index contributed by atoms with van der Waals surface area (Å²) in [6.45, 7) is 0. The average Bonchev–Trinajstić information content (AvgIpc) is 1.54. The van der Waals surface area contributed by atoms with Crippen molar-refractivity contribution in [2.45, 2.75) is 0 Å². The predicted molar refractivity (Wildman–Crippen MR) is 16.2 cm³/mol. The minimum absolute atomic E-state index is 0. The van der Waals surface area contributed by atoms with Crippen LogP contribution in [0, 0.1) is 0 Å². The van der Waals surface area contributed by atoms with Gasteiger partial charge in [0.1, 0.15) is 0 Å². The van der Waals surface area contributed by atoms with Crippen LogP contribution in [-0.2, 0) is 50.3 Å². The van der Waals surface area contributed by atoms with Crippen LogP contribution in [-0.4, -0.2) is 18.5 Å². The number of hydrogen-bond acceptors (Lipinski definition) is 9. The third-order valence-corrected chi connectivity index (χ3v) is 0. The van der Waals surface area contributed by atoms with E-state index in [9.17, 15) is 0 Å². The van der Waals surface area contributed by atoms with Gasteiger partial charge in [-0.3, -0.25) is 0 Å². The van der Waals surface area contributed by atoms with Crippen LogP contribution in [0.5, 0.6) is 0 Å². The Hall–Kier alpha value is -0.671. The fraction of sp³-hybridized carbons (Fsp3) is 0. The van der Waals surface area contributed by atoms with Crippen LogP contribution >= 0.6 is 0 Å². The topological polar surface area (TPSA) is 190 Å². The Morgan fingerprint density at radius 2 is 0.467 bits per heavy atom. The molecule has 0 rings (SSSR count). The van der Waals surface area contributed by atoms with E-state index in [1.807, 2.05) is 0 Å². The fourth-order valence-corrected chi connectivity index (χ4v) is 0. The van der Waals surface area contributed by atoms with Crippen molar-refractivity contribution in [2.75, 3.05) is 0 Å². The molecule has 0 spiro atoms. The van der Waals surface area contributed by atoms with E-state index in [4.69, 9.17) is 45.0 Å². The summed E-state index contributed by atoms with van der Waals surface area (Å²) in [7, 11) is 0. The zero-order chi connectivity index (χ0) is 10.7. The van der Waals surface area contributed by atoms with Crippen molar-refractivity contribution in [3.05, 3.63) is 0 Å². The smallest absolute Gasteiger partial charge is 0.652 e. The molecule has 0 aliphatic carbocycles. The van der Waals surface area contributed by atoms with Gasteiger partial charge < -0.3 is 45.0 Å². The Kier molecular flexibility index (Phi) is 71.4. The first-order valence-corrected chi connectivity index (χ1v) is 1.84. The molecule has 0 aromatic carbocycles. The molecule has 0 aromatic rings. The Morgan fingerprint density at radius 3 is 0.467 bits per heavy atom. The number of carboxylic acid groups (broad SMARTS) is 6. The van der Waals surface area contributed by atoms with E-state index in [1.54, 1.807) is 0 Å². The summed E-state index contributed by atoms with van der Waals surface area (Å²) in [6.07, 6.45) is -7.00. The van der Waals surface area contributed by atoms with Gasteiger partial charge in [0, 0.05) is 0 Å². The van der Waals surface area contributed by atoms with Gasteiger partial charge in [-0.25, -0.2) is 0 Å². The van der Waals surface area contributed by atoms with Gasteiger partial charge in [-0.2, -0.15) is 0 Å². The van der Waals surface area contributed by atoms with Gasteiger partial charge in [-0.1, -0.05) is 0 Å². The molecule has 0 unspecified atom stereocenters. The molecule has 3 radical (unpaired) electrons.